The maximum atomic E-state index is 13.2. The molecule has 0 aliphatic rings. The van der Waals surface area contributed by atoms with E-state index in [1.165, 1.54) is 12.1 Å². The van der Waals surface area contributed by atoms with Gasteiger partial charge in [0.2, 0.25) is 0 Å². The number of hydrogen-bond donors (Lipinski definition) is 1. The minimum Gasteiger partial charge on any atom is -0.478 e. The van der Waals surface area contributed by atoms with Crippen molar-refractivity contribution in [3.63, 3.8) is 0 Å². The minimum absolute atomic E-state index is 0.244. The summed E-state index contributed by atoms with van der Waals surface area (Å²) in [5.74, 6) is -0.132. The number of carboxylic acids is 1. The van der Waals surface area contributed by atoms with Crippen molar-refractivity contribution < 1.29 is 18.7 Å². The molecule has 2 aromatic carbocycles. The van der Waals surface area contributed by atoms with Gasteiger partial charge in [0.25, 0.3) is 0 Å². The lowest BCUT2D eigenvalue weighted by Crippen LogP contribution is -1.95. The predicted molar refractivity (Wildman–Crippen MR) is 88.8 cm³/mol. The molecule has 1 aromatic heterocycles. The Morgan fingerprint density at radius 1 is 1.12 bits per heavy atom. The second kappa shape index (κ2) is 6.91. The van der Waals surface area contributed by atoms with E-state index in [4.69, 9.17) is 9.52 Å². The number of benzene rings is 2. The highest BCUT2D eigenvalue weighted by atomic mass is 19.1. The van der Waals surface area contributed by atoms with Gasteiger partial charge in [-0.05, 0) is 42.0 Å². The van der Waals surface area contributed by atoms with Crippen molar-refractivity contribution in [2.75, 3.05) is 0 Å². The van der Waals surface area contributed by atoms with Crippen molar-refractivity contribution in [3.8, 4) is 11.3 Å². The summed E-state index contributed by atoms with van der Waals surface area (Å²) in [5, 5.41) is 8.85. The van der Waals surface area contributed by atoms with Crippen LogP contribution in [0.25, 0.3) is 11.3 Å². The van der Waals surface area contributed by atoms with Gasteiger partial charge in [-0.25, -0.2) is 9.18 Å². The highest BCUT2D eigenvalue weighted by molar-refractivity contribution is 5.87. The van der Waals surface area contributed by atoms with Gasteiger partial charge in [0.15, 0.2) is 0 Å². The first-order valence-corrected chi connectivity index (χ1v) is 7.30. The van der Waals surface area contributed by atoms with Crippen LogP contribution < -0.4 is 0 Å². The van der Waals surface area contributed by atoms with Crippen LogP contribution in [0.2, 0.25) is 0 Å². The largest absolute Gasteiger partial charge is 0.478 e. The van der Waals surface area contributed by atoms with E-state index < -0.39 is 5.97 Å². The molecule has 5 heteroatoms. The molecule has 24 heavy (non-hydrogen) atoms. The van der Waals surface area contributed by atoms with Crippen molar-refractivity contribution in [2.45, 2.75) is 6.54 Å². The smallest absolute Gasteiger partial charge is 0.335 e. The summed E-state index contributed by atoms with van der Waals surface area (Å²) in [6.45, 7) is 0.413. The summed E-state index contributed by atoms with van der Waals surface area (Å²) in [6, 6.07) is 16.2. The Hall–Kier alpha value is -3.21. The molecule has 0 fully saturated rings. The van der Waals surface area contributed by atoms with E-state index in [1.807, 2.05) is 0 Å². The Balaban J connectivity index is 1.66. The van der Waals surface area contributed by atoms with E-state index in [0.717, 1.165) is 5.56 Å². The second-order valence-corrected chi connectivity index (χ2v) is 5.18. The Bertz CT molecular complexity index is 882. The molecule has 0 amide bonds. The van der Waals surface area contributed by atoms with Gasteiger partial charge in [0.05, 0.1) is 18.3 Å². The van der Waals surface area contributed by atoms with Crippen LogP contribution in [-0.2, 0) is 6.54 Å². The lowest BCUT2D eigenvalue weighted by atomic mass is 10.1. The highest BCUT2D eigenvalue weighted by Gasteiger charge is 2.04. The Morgan fingerprint density at radius 3 is 2.62 bits per heavy atom. The van der Waals surface area contributed by atoms with Crippen LogP contribution in [0.3, 0.4) is 0 Å². The monoisotopic (exact) mass is 323 g/mol. The highest BCUT2D eigenvalue weighted by Crippen LogP contribution is 2.22. The lowest BCUT2D eigenvalue weighted by molar-refractivity contribution is 0.0697. The average Bonchev–Trinajstić information content (AvgIpc) is 3.04. The molecule has 0 radical (unpaired) electrons. The summed E-state index contributed by atoms with van der Waals surface area (Å²) in [5.41, 5.74) is 1.81. The summed E-state index contributed by atoms with van der Waals surface area (Å²) >= 11 is 0. The summed E-state index contributed by atoms with van der Waals surface area (Å²) in [4.78, 5) is 15.1. The summed E-state index contributed by atoms with van der Waals surface area (Å²) < 4.78 is 18.8. The maximum absolute atomic E-state index is 13.2. The third-order valence-electron chi connectivity index (χ3n) is 3.43. The number of carboxylic acid groups (broad SMARTS) is 1. The summed E-state index contributed by atoms with van der Waals surface area (Å²) in [6.07, 6.45) is 1.59. The van der Waals surface area contributed by atoms with Gasteiger partial charge >= 0.3 is 5.97 Å². The fourth-order valence-corrected chi connectivity index (χ4v) is 2.21. The SMILES string of the molecule is O=C(O)c1ccc(CN=Cc2ccc(-c3cccc(F)c3)o2)cc1. The van der Waals surface area contributed by atoms with Crippen molar-refractivity contribution in [2.24, 2.45) is 4.99 Å². The topological polar surface area (TPSA) is 62.8 Å². The molecule has 0 atom stereocenters. The zero-order valence-electron chi connectivity index (χ0n) is 12.6. The molecule has 0 unspecified atom stereocenters. The number of halogens is 1. The number of nitrogens with zero attached hydrogens (tertiary/aromatic N) is 1. The van der Waals surface area contributed by atoms with Crippen molar-refractivity contribution in [1.82, 2.24) is 0 Å². The van der Waals surface area contributed by atoms with Gasteiger partial charge in [-0.1, -0.05) is 24.3 Å². The van der Waals surface area contributed by atoms with Crippen molar-refractivity contribution >= 4 is 12.2 Å². The van der Waals surface area contributed by atoms with Crippen LogP contribution in [0.5, 0.6) is 0 Å². The third-order valence-corrected chi connectivity index (χ3v) is 3.43. The molecule has 0 spiro atoms. The van der Waals surface area contributed by atoms with Crippen LogP contribution in [-0.4, -0.2) is 17.3 Å². The molecule has 1 heterocycles. The second-order valence-electron chi connectivity index (χ2n) is 5.18. The Morgan fingerprint density at radius 2 is 1.92 bits per heavy atom. The lowest BCUT2D eigenvalue weighted by Gasteiger charge is -1.98. The fourth-order valence-electron chi connectivity index (χ4n) is 2.21. The minimum atomic E-state index is -0.953. The van der Waals surface area contributed by atoms with E-state index in [2.05, 4.69) is 4.99 Å². The van der Waals surface area contributed by atoms with Gasteiger partial charge in [0, 0.05) is 5.56 Å². The number of furan rings is 1. The molecule has 120 valence electrons. The number of carbonyl (C=O) groups is 1. The van der Waals surface area contributed by atoms with Crippen molar-refractivity contribution in [3.05, 3.63) is 83.4 Å². The van der Waals surface area contributed by atoms with Crippen LogP contribution in [0.15, 0.2) is 70.1 Å². The Kier molecular flexibility index (Phi) is 4.52. The van der Waals surface area contributed by atoms with Gasteiger partial charge < -0.3 is 9.52 Å². The van der Waals surface area contributed by atoms with E-state index in [-0.39, 0.29) is 11.4 Å². The standard InChI is InChI=1S/C19H14FNO3/c20-16-3-1-2-15(10-16)18-9-8-17(24-18)12-21-11-13-4-6-14(7-5-13)19(22)23/h1-10,12H,11H2,(H,22,23). The third kappa shape index (κ3) is 3.76. The number of aliphatic imine (C=N–C) groups is 1. The molecule has 0 saturated heterocycles. The molecular weight excluding hydrogens is 309 g/mol. The molecule has 1 N–H and O–H groups in total. The quantitative estimate of drug-likeness (QED) is 0.708. The van der Waals surface area contributed by atoms with E-state index in [1.54, 1.807) is 54.7 Å². The molecule has 0 bridgehead atoms. The van der Waals surface area contributed by atoms with Crippen LogP contribution in [0.1, 0.15) is 21.7 Å². The first kappa shape index (κ1) is 15.7. The molecular formula is C19H14FNO3. The fraction of sp³-hybridized carbons (Fsp3) is 0.0526. The average molecular weight is 323 g/mol. The maximum Gasteiger partial charge on any atom is 0.335 e. The normalized spacial score (nSPS) is 11.0. The van der Waals surface area contributed by atoms with E-state index >= 15 is 0 Å². The molecule has 3 aromatic rings. The predicted octanol–water partition coefficient (Wildman–Crippen LogP) is 4.40. The molecule has 4 nitrogen and oxygen atoms in total. The van der Waals surface area contributed by atoms with Gasteiger partial charge in [0.1, 0.15) is 17.3 Å². The van der Waals surface area contributed by atoms with Gasteiger partial charge in [-0.2, -0.15) is 0 Å². The summed E-state index contributed by atoms with van der Waals surface area (Å²) in [7, 11) is 0. The number of aromatic carboxylic acids is 1. The van der Waals surface area contributed by atoms with Crippen LogP contribution in [0, 0.1) is 5.82 Å². The molecule has 0 aliphatic carbocycles. The van der Waals surface area contributed by atoms with Gasteiger partial charge in [-0.15, -0.1) is 0 Å². The van der Waals surface area contributed by atoms with Crippen LogP contribution in [0.4, 0.5) is 4.39 Å². The first-order chi connectivity index (χ1) is 11.6. The molecule has 0 aliphatic heterocycles. The van der Waals surface area contributed by atoms with E-state index in [0.29, 0.717) is 23.6 Å². The zero-order chi connectivity index (χ0) is 16.9. The number of hydrogen-bond acceptors (Lipinski definition) is 3. The van der Waals surface area contributed by atoms with E-state index in [9.17, 15) is 9.18 Å². The molecule has 3 rings (SSSR count). The van der Waals surface area contributed by atoms with Crippen molar-refractivity contribution in [1.29, 1.82) is 0 Å². The van der Waals surface area contributed by atoms with Crippen LogP contribution >= 0.6 is 0 Å². The molecule has 0 saturated carbocycles. The van der Waals surface area contributed by atoms with Gasteiger partial charge in [-0.3, -0.25) is 4.99 Å². The number of rotatable bonds is 5. The Labute approximate surface area is 137 Å². The zero-order valence-corrected chi connectivity index (χ0v) is 12.6. The first-order valence-electron chi connectivity index (χ1n) is 7.30.